The van der Waals surface area contributed by atoms with Gasteiger partial charge in [-0.05, 0) is 30.7 Å². The maximum atomic E-state index is 12.1. The highest BCUT2D eigenvalue weighted by atomic mass is 32.1. The van der Waals surface area contributed by atoms with Crippen LogP contribution >= 0.6 is 11.3 Å². The minimum absolute atomic E-state index is 0.0872. The summed E-state index contributed by atoms with van der Waals surface area (Å²) in [6.45, 7) is 6.98. The zero-order valence-corrected chi connectivity index (χ0v) is 14.2. The van der Waals surface area contributed by atoms with Crippen LogP contribution in [0.1, 0.15) is 29.2 Å². The van der Waals surface area contributed by atoms with Crippen LogP contribution in [0.5, 0.6) is 0 Å². The first-order valence-corrected chi connectivity index (χ1v) is 8.63. The molecule has 2 rings (SSSR count). The number of thiophene rings is 1. The Labute approximate surface area is 137 Å². The van der Waals surface area contributed by atoms with E-state index < -0.39 is 0 Å². The van der Waals surface area contributed by atoms with Gasteiger partial charge in [0.2, 0.25) is 5.91 Å². The normalized spacial score (nSPS) is 10.9. The lowest BCUT2D eigenvalue weighted by Gasteiger charge is -2.19. The summed E-state index contributed by atoms with van der Waals surface area (Å²) in [6.07, 6.45) is 1.05. The first kappa shape index (κ1) is 16.7. The molecule has 0 radical (unpaired) electrons. The van der Waals surface area contributed by atoms with Crippen molar-refractivity contribution in [2.24, 2.45) is 0 Å². The molecule has 1 aromatic heterocycles. The Balaban J connectivity index is 1.79. The lowest BCUT2D eigenvalue weighted by Crippen LogP contribution is -2.36. The minimum Gasteiger partial charge on any atom is -0.350 e. The lowest BCUT2D eigenvalue weighted by molar-refractivity contribution is -0.122. The number of amides is 1. The van der Waals surface area contributed by atoms with Gasteiger partial charge in [0.25, 0.3) is 0 Å². The van der Waals surface area contributed by atoms with E-state index >= 15 is 0 Å². The largest absolute Gasteiger partial charge is 0.350 e. The van der Waals surface area contributed by atoms with Crippen LogP contribution in [0.3, 0.4) is 0 Å². The van der Waals surface area contributed by atoms with Crippen molar-refractivity contribution in [1.82, 2.24) is 10.2 Å². The molecule has 0 fully saturated rings. The van der Waals surface area contributed by atoms with E-state index in [1.54, 1.807) is 11.3 Å². The molecule has 0 unspecified atom stereocenters. The van der Waals surface area contributed by atoms with Gasteiger partial charge < -0.3 is 5.32 Å². The molecule has 1 aromatic carbocycles. The summed E-state index contributed by atoms with van der Waals surface area (Å²) < 4.78 is 0. The van der Waals surface area contributed by atoms with E-state index in [0.29, 0.717) is 13.1 Å². The summed E-state index contributed by atoms with van der Waals surface area (Å²) in [5.41, 5.74) is 1.24. The standard InChI is InChI=1S/C18H24N2OS/c1-3-16-10-11-17(22-16)12-19-18(21)14-20(4-2)13-15-8-6-5-7-9-15/h5-11H,3-4,12-14H2,1-2H3,(H,19,21). The van der Waals surface area contributed by atoms with Gasteiger partial charge in [0.05, 0.1) is 13.1 Å². The molecule has 1 N–H and O–H groups in total. The predicted octanol–water partition coefficient (Wildman–Crippen LogP) is 3.45. The lowest BCUT2D eigenvalue weighted by atomic mass is 10.2. The number of carbonyl (C=O) groups excluding carboxylic acids is 1. The number of hydrogen-bond acceptors (Lipinski definition) is 3. The van der Waals surface area contributed by atoms with E-state index in [1.807, 2.05) is 18.2 Å². The zero-order chi connectivity index (χ0) is 15.8. The molecule has 2 aromatic rings. The van der Waals surface area contributed by atoms with E-state index in [-0.39, 0.29) is 5.91 Å². The molecule has 0 aliphatic carbocycles. The highest BCUT2D eigenvalue weighted by Gasteiger charge is 2.10. The zero-order valence-electron chi connectivity index (χ0n) is 13.3. The van der Waals surface area contributed by atoms with Crippen LogP contribution in [0.25, 0.3) is 0 Å². The third-order valence-corrected chi connectivity index (χ3v) is 4.82. The topological polar surface area (TPSA) is 32.3 Å². The average Bonchev–Trinajstić information content (AvgIpc) is 3.01. The molecule has 0 aliphatic heterocycles. The smallest absolute Gasteiger partial charge is 0.234 e. The number of benzene rings is 1. The molecule has 0 saturated carbocycles. The Morgan fingerprint density at radius 2 is 1.82 bits per heavy atom. The van der Waals surface area contributed by atoms with E-state index in [0.717, 1.165) is 19.5 Å². The van der Waals surface area contributed by atoms with Gasteiger partial charge in [0, 0.05) is 16.3 Å². The third-order valence-electron chi connectivity index (χ3n) is 3.59. The Hall–Kier alpha value is -1.65. The summed E-state index contributed by atoms with van der Waals surface area (Å²) in [7, 11) is 0. The molecule has 0 bridgehead atoms. The Bertz CT molecular complexity index is 580. The van der Waals surface area contributed by atoms with Gasteiger partial charge in [-0.25, -0.2) is 0 Å². The number of rotatable bonds is 8. The predicted molar refractivity (Wildman–Crippen MR) is 92.9 cm³/mol. The van der Waals surface area contributed by atoms with Crippen LogP contribution in [0.15, 0.2) is 42.5 Å². The first-order chi connectivity index (χ1) is 10.7. The second-order valence-corrected chi connectivity index (χ2v) is 6.54. The van der Waals surface area contributed by atoms with Crippen molar-refractivity contribution in [2.45, 2.75) is 33.4 Å². The van der Waals surface area contributed by atoms with Crippen molar-refractivity contribution in [3.05, 3.63) is 57.8 Å². The van der Waals surface area contributed by atoms with E-state index in [4.69, 9.17) is 0 Å². The fourth-order valence-electron chi connectivity index (χ4n) is 2.27. The van der Waals surface area contributed by atoms with Crippen LogP contribution < -0.4 is 5.32 Å². The Kier molecular flexibility index (Phi) is 6.62. The van der Waals surface area contributed by atoms with Gasteiger partial charge in [-0.15, -0.1) is 11.3 Å². The summed E-state index contributed by atoms with van der Waals surface area (Å²) in [6, 6.07) is 14.5. The van der Waals surface area contributed by atoms with Gasteiger partial charge in [-0.1, -0.05) is 44.2 Å². The van der Waals surface area contributed by atoms with Crippen LogP contribution in [-0.4, -0.2) is 23.9 Å². The number of nitrogens with zero attached hydrogens (tertiary/aromatic N) is 1. The van der Waals surface area contributed by atoms with Crippen molar-refractivity contribution in [2.75, 3.05) is 13.1 Å². The number of aryl methyl sites for hydroxylation is 1. The first-order valence-electron chi connectivity index (χ1n) is 7.81. The fraction of sp³-hybridized carbons (Fsp3) is 0.389. The number of hydrogen-bond donors (Lipinski definition) is 1. The maximum absolute atomic E-state index is 12.1. The molecule has 1 amide bonds. The maximum Gasteiger partial charge on any atom is 0.234 e. The second-order valence-electron chi connectivity index (χ2n) is 5.29. The van der Waals surface area contributed by atoms with Crippen molar-refractivity contribution in [3.8, 4) is 0 Å². The molecule has 0 spiro atoms. The molecule has 118 valence electrons. The highest BCUT2D eigenvalue weighted by molar-refractivity contribution is 7.11. The van der Waals surface area contributed by atoms with Gasteiger partial charge in [0.1, 0.15) is 0 Å². The highest BCUT2D eigenvalue weighted by Crippen LogP contribution is 2.16. The van der Waals surface area contributed by atoms with Crippen molar-refractivity contribution < 1.29 is 4.79 Å². The summed E-state index contributed by atoms with van der Waals surface area (Å²) >= 11 is 1.77. The molecule has 1 heterocycles. The quantitative estimate of drug-likeness (QED) is 0.809. The molecular weight excluding hydrogens is 292 g/mol. The molecule has 4 heteroatoms. The molecule has 3 nitrogen and oxygen atoms in total. The van der Waals surface area contributed by atoms with E-state index in [9.17, 15) is 4.79 Å². The van der Waals surface area contributed by atoms with Gasteiger partial charge in [-0.3, -0.25) is 9.69 Å². The van der Waals surface area contributed by atoms with Crippen molar-refractivity contribution in [3.63, 3.8) is 0 Å². The van der Waals surface area contributed by atoms with Gasteiger partial charge in [0.15, 0.2) is 0 Å². The van der Waals surface area contributed by atoms with Gasteiger partial charge >= 0.3 is 0 Å². The van der Waals surface area contributed by atoms with Crippen molar-refractivity contribution >= 4 is 17.2 Å². The monoisotopic (exact) mass is 316 g/mol. The van der Waals surface area contributed by atoms with Gasteiger partial charge in [-0.2, -0.15) is 0 Å². The van der Waals surface area contributed by atoms with Crippen LogP contribution in [0.4, 0.5) is 0 Å². The van der Waals surface area contributed by atoms with Crippen LogP contribution in [0, 0.1) is 0 Å². The van der Waals surface area contributed by atoms with Crippen molar-refractivity contribution in [1.29, 1.82) is 0 Å². The average molecular weight is 316 g/mol. The molecular formula is C18H24N2OS. The van der Waals surface area contributed by atoms with Crippen LogP contribution in [-0.2, 0) is 24.3 Å². The number of likely N-dealkylation sites (N-methyl/N-ethyl adjacent to an activating group) is 1. The molecule has 22 heavy (non-hydrogen) atoms. The van der Waals surface area contributed by atoms with E-state index in [1.165, 1.54) is 15.3 Å². The summed E-state index contributed by atoms with van der Waals surface area (Å²) in [5.74, 6) is 0.0872. The third kappa shape index (κ3) is 5.28. The summed E-state index contributed by atoms with van der Waals surface area (Å²) in [4.78, 5) is 16.8. The second kappa shape index (κ2) is 8.71. The Morgan fingerprint density at radius 1 is 1.09 bits per heavy atom. The molecule has 0 aliphatic rings. The number of carbonyl (C=O) groups is 1. The van der Waals surface area contributed by atoms with E-state index in [2.05, 4.69) is 48.3 Å². The minimum atomic E-state index is 0.0872. The Morgan fingerprint density at radius 3 is 2.45 bits per heavy atom. The molecule has 0 atom stereocenters. The fourth-order valence-corrected chi connectivity index (χ4v) is 3.17. The molecule has 0 saturated heterocycles. The SMILES string of the molecule is CCc1ccc(CNC(=O)CN(CC)Cc2ccccc2)s1. The number of nitrogens with one attached hydrogen (secondary N) is 1. The summed E-state index contributed by atoms with van der Waals surface area (Å²) in [5, 5.41) is 3.02. The van der Waals surface area contributed by atoms with Crippen LogP contribution in [0.2, 0.25) is 0 Å².